The normalized spacial score (nSPS) is 11.3. The molecule has 112 valence electrons. The minimum absolute atomic E-state index is 0.213. The Bertz CT molecular complexity index is 1030. The van der Waals surface area contributed by atoms with E-state index in [0.29, 0.717) is 0 Å². The molecule has 0 amide bonds. The molecule has 0 unspecified atom stereocenters. The van der Waals surface area contributed by atoms with Gasteiger partial charge in [-0.15, -0.1) is 0 Å². The van der Waals surface area contributed by atoms with Crippen LogP contribution >= 0.6 is 0 Å². The lowest BCUT2D eigenvalue weighted by Crippen LogP contribution is -1.89. The Morgan fingerprint density at radius 2 is 1.48 bits per heavy atom. The molecule has 0 aliphatic rings. The van der Waals surface area contributed by atoms with Crippen LogP contribution in [0.25, 0.3) is 32.8 Å². The molecule has 0 saturated carbocycles. The zero-order chi connectivity index (χ0) is 16.0. The first-order valence-electron chi connectivity index (χ1n) is 7.67. The van der Waals surface area contributed by atoms with Gasteiger partial charge in [-0.05, 0) is 60.3 Å². The number of pyridine rings is 1. The molecule has 23 heavy (non-hydrogen) atoms. The Labute approximate surface area is 134 Å². The summed E-state index contributed by atoms with van der Waals surface area (Å²) in [7, 11) is 0. The second-order valence-corrected chi connectivity index (χ2v) is 6.06. The predicted molar refractivity (Wildman–Crippen MR) is 94.1 cm³/mol. The summed E-state index contributed by atoms with van der Waals surface area (Å²) >= 11 is 0. The molecule has 0 atom stereocenters. The molecule has 0 aliphatic carbocycles. The van der Waals surface area contributed by atoms with Gasteiger partial charge in [-0.3, -0.25) is 4.98 Å². The quantitative estimate of drug-likeness (QED) is 0.404. The zero-order valence-corrected chi connectivity index (χ0v) is 13.1. The number of halogens is 1. The largest absolute Gasteiger partial charge is 0.256 e. The highest BCUT2D eigenvalue weighted by Gasteiger charge is 2.09. The highest BCUT2D eigenvalue weighted by molar-refractivity contribution is 6.11. The van der Waals surface area contributed by atoms with E-state index < -0.39 is 0 Å². The molecule has 2 heteroatoms. The smallest absolute Gasteiger partial charge is 0.123 e. The van der Waals surface area contributed by atoms with Gasteiger partial charge in [0, 0.05) is 17.1 Å². The van der Waals surface area contributed by atoms with Crippen LogP contribution in [-0.4, -0.2) is 4.98 Å². The van der Waals surface area contributed by atoms with Gasteiger partial charge in [-0.1, -0.05) is 35.4 Å². The predicted octanol–water partition coefficient (Wildman–Crippen LogP) is 5.81. The lowest BCUT2D eigenvalue weighted by atomic mass is 9.97. The molecule has 0 aliphatic heterocycles. The molecular formula is C21H16FN. The van der Waals surface area contributed by atoms with E-state index in [2.05, 4.69) is 43.1 Å². The number of hydrogen-bond acceptors (Lipinski definition) is 1. The third-order valence-electron chi connectivity index (χ3n) is 4.22. The summed E-state index contributed by atoms with van der Waals surface area (Å²) in [6.45, 7) is 4.18. The van der Waals surface area contributed by atoms with E-state index in [1.54, 1.807) is 12.3 Å². The molecule has 0 bridgehead atoms. The Balaban J connectivity index is 2.08. The van der Waals surface area contributed by atoms with E-state index in [0.717, 1.165) is 32.8 Å². The first-order valence-corrected chi connectivity index (χ1v) is 7.67. The molecule has 0 saturated heterocycles. The first kappa shape index (κ1) is 13.9. The van der Waals surface area contributed by atoms with Crippen molar-refractivity contribution in [3.05, 3.63) is 77.7 Å². The molecule has 0 spiro atoms. The lowest BCUT2D eigenvalue weighted by molar-refractivity contribution is 0.630. The van der Waals surface area contributed by atoms with Gasteiger partial charge in [-0.2, -0.15) is 0 Å². The maximum absolute atomic E-state index is 13.7. The number of aryl methyl sites for hydroxylation is 2. The highest BCUT2D eigenvalue weighted by atomic mass is 19.1. The van der Waals surface area contributed by atoms with E-state index in [9.17, 15) is 4.39 Å². The number of aromatic nitrogens is 1. The summed E-state index contributed by atoms with van der Waals surface area (Å²) in [4.78, 5) is 4.59. The average Bonchev–Trinajstić information content (AvgIpc) is 2.53. The van der Waals surface area contributed by atoms with Crippen molar-refractivity contribution in [2.45, 2.75) is 13.8 Å². The molecule has 1 heterocycles. The van der Waals surface area contributed by atoms with Crippen LogP contribution in [0.4, 0.5) is 4.39 Å². The number of nitrogens with zero attached hydrogens (tertiary/aromatic N) is 1. The van der Waals surface area contributed by atoms with Crippen molar-refractivity contribution < 1.29 is 4.39 Å². The third-order valence-corrected chi connectivity index (χ3v) is 4.22. The van der Waals surface area contributed by atoms with Gasteiger partial charge in [0.25, 0.3) is 0 Å². The molecule has 1 aromatic heterocycles. The van der Waals surface area contributed by atoms with Crippen molar-refractivity contribution in [3.63, 3.8) is 0 Å². The summed E-state index contributed by atoms with van der Waals surface area (Å²) in [5, 5.41) is 4.05. The fourth-order valence-corrected chi connectivity index (χ4v) is 3.30. The fraction of sp³-hybridized carbons (Fsp3) is 0.0952. The van der Waals surface area contributed by atoms with Crippen molar-refractivity contribution >= 4 is 21.5 Å². The summed E-state index contributed by atoms with van der Waals surface area (Å²) in [6, 6.07) is 17.4. The minimum Gasteiger partial charge on any atom is -0.256 e. The van der Waals surface area contributed by atoms with Gasteiger partial charge >= 0.3 is 0 Å². The van der Waals surface area contributed by atoms with Gasteiger partial charge in [-0.25, -0.2) is 4.39 Å². The van der Waals surface area contributed by atoms with Crippen LogP contribution in [0.3, 0.4) is 0 Å². The molecule has 4 aromatic rings. The van der Waals surface area contributed by atoms with Crippen molar-refractivity contribution in [2.24, 2.45) is 0 Å². The number of rotatable bonds is 1. The van der Waals surface area contributed by atoms with Crippen molar-refractivity contribution in [3.8, 4) is 11.3 Å². The second-order valence-electron chi connectivity index (χ2n) is 6.06. The summed E-state index contributed by atoms with van der Waals surface area (Å²) in [5.74, 6) is -0.213. The molecule has 4 rings (SSSR count). The Kier molecular flexibility index (Phi) is 3.12. The van der Waals surface area contributed by atoms with Gasteiger partial charge in [0.2, 0.25) is 0 Å². The molecule has 0 N–H and O–H groups in total. The van der Waals surface area contributed by atoms with E-state index in [4.69, 9.17) is 0 Å². The zero-order valence-electron chi connectivity index (χ0n) is 13.1. The van der Waals surface area contributed by atoms with Crippen LogP contribution in [-0.2, 0) is 0 Å². The van der Waals surface area contributed by atoms with Gasteiger partial charge < -0.3 is 0 Å². The van der Waals surface area contributed by atoms with Crippen LogP contribution in [0.15, 0.2) is 60.8 Å². The first-order chi connectivity index (χ1) is 11.1. The molecule has 3 aromatic carbocycles. The molecule has 1 nitrogen and oxygen atoms in total. The van der Waals surface area contributed by atoms with Crippen LogP contribution in [0.5, 0.6) is 0 Å². The fourth-order valence-electron chi connectivity index (χ4n) is 3.30. The van der Waals surface area contributed by atoms with Crippen LogP contribution in [0, 0.1) is 19.7 Å². The third kappa shape index (κ3) is 2.36. The van der Waals surface area contributed by atoms with Crippen molar-refractivity contribution in [2.75, 3.05) is 0 Å². The standard InChI is InChI=1S/C21H16FN/c1-13-9-14(2)11-16(10-13)21-19-6-4-15-3-5-17(22)12-20(15)18(19)7-8-23-21/h3-12H,1-2H3. The van der Waals surface area contributed by atoms with Crippen LogP contribution < -0.4 is 0 Å². The maximum Gasteiger partial charge on any atom is 0.123 e. The second kappa shape index (κ2) is 5.17. The Morgan fingerprint density at radius 3 is 2.26 bits per heavy atom. The monoisotopic (exact) mass is 301 g/mol. The Hall–Kier alpha value is -2.74. The number of fused-ring (bicyclic) bond motifs is 3. The minimum atomic E-state index is -0.213. The number of hydrogen-bond donors (Lipinski definition) is 0. The summed E-state index contributed by atoms with van der Waals surface area (Å²) < 4.78 is 13.7. The van der Waals surface area contributed by atoms with E-state index in [1.807, 2.05) is 18.2 Å². The van der Waals surface area contributed by atoms with E-state index in [1.165, 1.54) is 17.2 Å². The molecule has 0 fully saturated rings. The topological polar surface area (TPSA) is 12.9 Å². The Morgan fingerprint density at radius 1 is 0.739 bits per heavy atom. The lowest BCUT2D eigenvalue weighted by Gasteiger charge is -2.10. The summed E-state index contributed by atoms with van der Waals surface area (Å²) in [5.41, 5.74) is 4.47. The van der Waals surface area contributed by atoms with Crippen LogP contribution in [0.1, 0.15) is 11.1 Å². The average molecular weight is 301 g/mol. The maximum atomic E-state index is 13.7. The van der Waals surface area contributed by atoms with Gasteiger partial charge in [0.15, 0.2) is 0 Å². The molecule has 0 radical (unpaired) electrons. The van der Waals surface area contributed by atoms with E-state index in [-0.39, 0.29) is 5.82 Å². The van der Waals surface area contributed by atoms with Crippen molar-refractivity contribution in [1.29, 1.82) is 0 Å². The summed E-state index contributed by atoms with van der Waals surface area (Å²) in [6.07, 6.45) is 1.81. The number of benzene rings is 3. The van der Waals surface area contributed by atoms with E-state index >= 15 is 0 Å². The van der Waals surface area contributed by atoms with Gasteiger partial charge in [0.1, 0.15) is 5.82 Å². The SMILES string of the molecule is Cc1cc(C)cc(-c2nccc3c2ccc2ccc(F)cc23)c1. The van der Waals surface area contributed by atoms with Crippen molar-refractivity contribution in [1.82, 2.24) is 4.98 Å². The van der Waals surface area contributed by atoms with Gasteiger partial charge in [0.05, 0.1) is 5.69 Å². The van der Waals surface area contributed by atoms with Crippen LogP contribution in [0.2, 0.25) is 0 Å². The highest BCUT2D eigenvalue weighted by Crippen LogP contribution is 2.32. The molecular weight excluding hydrogens is 285 g/mol.